The average molecular weight is 379 g/mol. The van der Waals surface area contributed by atoms with Gasteiger partial charge in [-0.15, -0.1) is 11.3 Å². The molecule has 0 saturated carbocycles. The fourth-order valence-corrected chi connectivity index (χ4v) is 3.89. The second kappa shape index (κ2) is 6.81. The minimum Gasteiger partial charge on any atom is -0.462 e. The lowest BCUT2D eigenvalue weighted by Gasteiger charge is -2.06. The number of aryl methyl sites for hydroxylation is 1. The number of benzene rings is 1. The number of nitrogens with two attached hydrogens (primary N) is 1. The van der Waals surface area contributed by atoms with Crippen LogP contribution in [0, 0.1) is 6.92 Å². The molecule has 2 N–H and O–H groups in total. The highest BCUT2D eigenvalue weighted by molar-refractivity contribution is 7.21. The van der Waals surface area contributed by atoms with E-state index in [0.29, 0.717) is 11.6 Å². The van der Waals surface area contributed by atoms with Crippen molar-refractivity contribution in [2.75, 3.05) is 12.3 Å². The second-order valence-corrected chi connectivity index (χ2v) is 6.90. The van der Waals surface area contributed by atoms with Crippen molar-refractivity contribution in [1.82, 2.24) is 19.7 Å². The second-order valence-electron chi connectivity index (χ2n) is 5.87. The molecule has 0 amide bonds. The quantitative estimate of drug-likeness (QED) is 0.544. The Balaban J connectivity index is 1.87. The third-order valence-electron chi connectivity index (χ3n) is 4.05. The summed E-state index contributed by atoms with van der Waals surface area (Å²) in [6.07, 6.45) is 1.40. The number of esters is 1. The summed E-state index contributed by atoms with van der Waals surface area (Å²) in [7, 11) is 0. The normalized spacial score (nSPS) is 11.0. The first-order chi connectivity index (χ1) is 13.1. The first-order valence-corrected chi connectivity index (χ1v) is 9.24. The van der Waals surface area contributed by atoms with Crippen molar-refractivity contribution in [1.29, 1.82) is 0 Å². The number of nitrogen functional groups attached to an aromatic ring is 1. The van der Waals surface area contributed by atoms with Gasteiger partial charge in [-0.2, -0.15) is 9.78 Å². The molecule has 4 aromatic rings. The van der Waals surface area contributed by atoms with Crippen LogP contribution in [0.2, 0.25) is 0 Å². The van der Waals surface area contributed by atoms with Crippen molar-refractivity contribution in [2.24, 2.45) is 0 Å². The van der Waals surface area contributed by atoms with Crippen molar-refractivity contribution in [3.63, 3.8) is 0 Å². The zero-order valence-corrected chi connectivity index (χ0v) is 15.7. The van der Waals surface area contributed by atoms with Crippen LogP contribution in [-0.4, -0.2) is 32.3 Å². The van der Waals surface area contributed by atoms with Gasteiger partial charge in [0.1, 0.15) is 22.0 Å². The van der Waals surface area contributed by atoms with Crippen LogP contribution in [0.1, 0.15) is 23.1 Å². The van der Waals surface area contributed by atoms with Crippen LogP contribution in [0.15, 0.2) is 42.6 Å². The zero-order valence-electron chi connectivity index (χ0n) is 14.8. The molecular formula is C19H17N5O2S. The number of aromatic nitrogens is 4. The standard InChI is InChI=1S/C19H17N5O2S/c1-3-26-19(25)14-10-21-24(16(14)20)17-13-9-15(12-7-5-4-6-8-12)27-18(13)23-11(2)22-17/h4-10H,3,20H2,1-2H3. The number of hydrogen-bond acceptors (Lipinski definition) is 7. The molecule has 0 fully saturated rings. The Kier molecular flexibility index (Phi) is 4.33. The Bertz CT molecular complexity index is 1130. The molecule has 7 nitrogen and oxygen atoms in total. The fourth-order valence-electron chi connectivity index (χ4n) is 2.81. The number of rotatable bonds is 4. The number of carbonyl (C=O) groups is 1. The van der Waals surface area contributed by atoms with Gasteiger partial charge in [0.2, 0.25) is 0 Å². The van der Waals surface area contributed by atoms with Crippen LogP contribution in [0.25, 0.3) is 26.5 Å². The third-order valence-corrected chi connectivity index (χ3v) is 5.12. The predicted octanol–water partition coefficient (Wildman–Crippen LogP) is 3.61. The van der Waals surface area contributed by atoms with Crippen molar-refractivity contribution < 1.29 is 9.53 Å². The number of anilines is 1. The van der Waals surface area contributed by atoms with Crippen LogP contribution in [0.4, 0.5) is 5.82 Å². The summed E-state index contributed by atoms with van der Waals surface area (Å²) >= 11 is 1.58. The third kappa shape index (κ3) is 3.04. The SMILES string of the molecule is CCOC(=O)c1cnn(-c2nc(C)nc3sc(-c4ccccc4)cc23)c1N. The van der Waals surface area contributed by atoms with Gasteiger partial charge in [0.05, 0.1) is 18.2 Å². The smallest absolute Gasteiger partial charge is 0.343 e. The summed E-state index contributed by atoms with van der Waals surface area (Å²) in [6, 6.07) is 12.1. The molecule has 0 bridgehead atoms. The van der Waals surface area contributed by atoms with Gasteiger partial charge in [0.15, 0.2) is 5.82 Å². The summed E-state index contributed by atoms with van der Waals surface area (Å²) in [5, 5.41) is 5.10. The van der Waals surface area contributed by atoms with Crippen molar-refractivity contribution in [3.05, 3.63) is 54.0 Å². The van der Waals surface area contributed by atoms with Crippen molar-refractivity contribution in [2.45, 2.75) is 13.8 Å². The number of thiophene rings is 1. The molecule has 0 atom stereocenters. The average Bonchev–Trinajstić information content (AvgIpc) is 3.25. The molecule has 8 heteroatoms. The number of fused-ring (bicyclic) bond motifs is 1. The van der Waals surface area contributed by atoms with Crippen LogP contribution >= 0.6 is 11.3 Å². The maximum Gasteiger partial charge on any atom is 0.343 e. The van der Waals surface area contributed by atoms with E-state index < -0.39 is 5.97 Å². The van der Waals surface area contributed by atoms with Crippen molar-refractivity contribution in [3.8, 4) is 16.3 Å². The molecule has 3 aromatic heterocycles. The summed E-state index contributed by atoms with van der Waals surface area (Å²) in [5.74, 6) is 0.842. The van der Waals surface area contributed by atoms with E-state index in [1.165, 1.54) is 10.9 Å². The molecule has 0 aliphatic rings. The summed E-state index contributed by atoms with van der Waals surface area (Å²) in [6.45, 7) is 3.83. The van der Waals surface area contributed by atoms with Gasteiger partial charge in [0, 0.05) is 4.88 Å². The highest BCUT2D eigenvalue weighted by Gasteiger charge is 2.20. The molecular weight excluding hydrogens is 362 g/mol. The molecule has 0 aliphatic heterocycles. The molecule has 0 radical (unpaired) electrons. The van der Waals surface area contributed by atoms with Crippen LogP contribution < -0.4 is 5.73 Å². The monoisotopic (exact) mass is 379 g/mol. The molecule has 27 heavy (non-hydrogen) atoms. The summed E-state index contributed by atoms with van der Waals surface area (Å²) in [5.41, 5.74) is 7.49. The molecule has 136 valence electrons. The maximum absolute atomic E-state index is 12.0. The first-order valence-electron chi connectivity index (χ1n) is 8.43. The molecule has 0 saturated heterocycles. The topological polar surface area (TPSA) is 95.9 Å². The molecule has 0 spiro atoms. The van der Waals surface area contributed by atoms with Crippen LogP contribution in [0.3, 0.4) is 0 Å². The van der Waals surface area contributed by atoms with Gasteiger partial charge in [-0.25, -0.2) is 14.8 Å². The molecule has 0 aliphatic carbocycles. The Labute approximate surface area is 159 Å². The van der Waals surface area contributed by atoms with E-state index >= 15 is 0 Å². The largest absolute Gasteiger partial charge is 0.462 e. The van der Waals surface area contributed by atoms with E-state index in [9.17, 15) is 4.79 Å². The minimum absolute atomic E-state index is 0.195. The molecule has 1 aromatic carbocycles. The van der Waals surface area contributed by atoms with E-state index in [1.807, 2.05) is 43.3 Å². The fraction of sp³-hybridized carbons (Fsp3) is 0.158. The van der Waals surface area contributed by atoms with E-state index in [2.05, 4.69) is 15.1 Å². The molecule has 0 unspecified atom stereocenters. The van der Waals surface area contributed by atoms with Gasteiger partial charge in [0.25, 0.3) is 0 Å². The Hall–Kier alpha value is -3.26. The maximum atomic E-state index is 12.0. The van der Waals surface area contributed by atoms with Crippen molar-refractivity contribution >= 4 is 33.3 Å². The van der Waals surface area contributed by atoms with E-state index in [1.54, 1.807) is 18.3 Å². The molecule has 4 rings (SSSR count). The lowest BCUT2D eigenvalue weighted by Crippen LogP contribution is -2.10. The highest BCUT2D eigenvalue weighted by atomic mass is 32.1. The first kappa shape index (κ1) is 17.2. The van der Waals surface area contributed by atoms with Gasteiger partial charge in [-0.1, -0.05) is 30.3 Å². The van der Waals surface area contributed by atoms with E-state index in [4.69, 9.17) is 10.5 Å². The van der Waals surface area contributed by atoms with E-state index in [-0.39, 0.29) is 18.0 Å². The number of hydrogen-bond donors (Lipinski definition) is 1. The highest BCUT2D eigenvalue weighted by Crippen LogP contribution is 2.35. The van der Waals surface area contributed by atoms with Gasteiger partial charge in [-0.05, 0) is 25.5 Å². The number of ether oxygens (including phenoxy) is 1. The Morgan fingerprint density at radius 2 is 2.04 bits per heavy atom. The van der Waals surface area contributed by atoms with Crippen LogP contribution in [0.5, 0.6) is 0 Å². The molecule has 3 heterocycles. The Morgan fingerprint density at radius 1 is 1.26 bits per heavy atom. The lowest BCUT2D eigenvalue weighted by atomic mass is 10.2. The van der Waals surface area contributed by atoms with Gasteiger partial charge < -0.3 is 10.5 Å². The van der Waals surface area contributed by atoms with E-state index in [0.717, 1.165) is 20.7 Å². The minimum atomic E-state index is -0.501. The number of nitrogens with zero attached hydrogens (tertiary/aromatic N) is 4. The number of carbonyl (C=O) groups excluding carboxylic acids is 1. The zero-order chi connectivity index (χ0) is 19.0. The van der Waals surface area contributed by atoms with Crippen LogP contribution in [-0.2, 0) is 4.74 Å². The van der Waals surface area contributed by atoms with Gasteiger partial charge in [-0.3, -0.25) is 0 Å². The predicted molar refractivity (Wildman–Crippen MR) is 105 cm³/mol. The summed E-state index contributed by atoms with van der Waals surface area (Å²) < 4.78 is 6.49. The lowest BCUT2D eigenvalue weighted by molar-refractivity contribution is 0.0527. The summed E-state index contributed by atoms with van der Waals surface area (Å²) in [4.78, 5) is 23.0. The Morgan fingerprint density at radius 3 is 2.78 bits per heavy atom. The van der Waals surface area contributed by atoms with Gasteiger partial charge >= 0.3 is 5.97 Å².